The first-order chi connectivity index (χ1) is 16.4. The Labute approximate surface area is 207 Å². The third kappa shape index (κ3) is 3.72. The lowest BCUT2D eigenvalue weighted by molar-refractivity contribution is 0.505. The van der Waals surface area contributed by atoms with Crippen LogP contribution in [0.25, 0.3) is 16.6 Å². The summed E-state index contributed by atoms with van der Waals surface area (Å²) < 4.78 is 4.49. The zero-order valence-corrected chi connectivity index (χ0v) is 21.1. The number of hydrogen-bond donors (Lipinski definition) is 0. The largest absolute Gasteiger partial charge is 0.370 e. The average Bonchev–Trinajstić information content (AvgIpc) is 3.33. The summed E-state index contributed by atoms with van der Waals surface area (Å²) >= 11 is 3.59. The summed E-state index contributed by atoms with van der Waals surface area (Å²) in [6, 6.07) is 14.5. The van der Waals surface area contributed by atoms with E-state index in [2.05, 4.69) is 63.3 Å². The van der Waals surface area contributed by atoms with Gasteiger partial charge in [-0.25, -0.2) is 4.68 Å². The Balaban J connectivity index is 1.46. The molecule has 0 amide bonds. The molecule has 3 heterocycles. The van der Waals surface area contributed by atoms with Crippen molar-refractivity contribution in [2.75, 3.05) is 18.0 Å². The van der Waals surface area contributed by atoms with Gasteiger partial charge in [-0.15, -0.1) is 0 Å². The summed E-state index contributed by atoms with van der Waals surface area (Å²) in [5.41, 5.74) is 6.17. The molecule has 34 heavy (non-hydrogen) atoms. The van der Waals surface area contributed by atoms with Gasteiger partial charge in [0, 0.05) is 36.2 Å². The average molecular weight is 516 g/mol. The smallest absolute Gasteiger partial charge is 0.270 e. The van der Waals surface area contributed by atoms with Crippen LogP contribution >= 0.6 is 15.9 Å². The lowest BCUT2D eigenvalue weighted by Gasteiger charge is -2.34. The van der Waals surface area contributed by atoms with Gasteiger partial charge < -0.3 is 9.47 Å². The summed E-state index contributed by atoms with van der Waals surface area (Å²) in [5, 5.41) is 15.5. The first-order valence-electron chi connectivity index (χ1n) is 11.5. The van der Waals surface area contributed by atoms with Crippen molar-refractivity contribution in [3.8, 4) is 11.8 Å². The third-order valence-electron chi connectivity index (χ3n) is 7.01. The summed E-state index contributed by atoms with van der Waals surface area (Å²) in [5.74, 6) is 0.397. The molecule has 0 unspecified atom stereocenters. The van der Waals surface area contributed by atoms with E-state index in [9.17, 15) is 10.1 Å². The Morgan fingerprint density at radius 2 is 1.85 bits per heavy atom. The topological polar surface area (TPSA) is 66.8 Å². The second-order valence-corrected chi connectivity index (χ2v) is 9.94. The number of piperidine rings is 1. The molecule has 0 aliphatic carbocycles. The second kappa shape index (κ2) is 8.77. The summed E-state index contributed by atoms with van der Waals surface area (Å²) in [6.07, 6.45) is 5.99. The van der Waals surface area contributed by atoms with E-state index in [4.69, 9.17) is 0 Å². The summed E-state index contributed by atoms with van der Waals surface area (Å²) in [6.45, 7) is 5.69. The van der Waals surface area contributed by atoms with Gasteiger partial charge in [-0.2, -0.15) is 10.4 Å². The number of anilines is 1. The van der Waals surface area contributed by atoms with Crippen LogP contribution in [0.15, 0.2) is 58.1 Å². The van der Waals surface area contributed by atoms with Crippen molar-refractivity contribution in [1.82, 2.24) is 14.3 Å². The number of benzene rings is 2. The van der Waals surface area contributed by atoms with E-state index in [-0.39, 0.29) is 11.1 Å². The molecular weight excluding hydrogens is 490 g/mol. The monoisotopic (exact) mass is 515 g/mol. The number of aryl methyl sites for hydroxylation is 3. The van der Waals surface area contributed by atoms with Gasteiger partial charge in [-0.05, 0) is 67.5 Å². The molecule has 1 saturated heterocycles. The van der Waals surface area contributed by atoms with Crippen LogP contribution in [0.4, 0.5) is 5.69 Å². The number of fused-ring (bicyclic) bond motifs is 1. The molecule has 2 aromatic heterocycles. The Morgan fingerprint density at radius 1 is 1.12 bits per heavy atom. The molecule has 0 N–H and O–H groups in total. The SMILES string of the molecule is Cc1cc2c(N3CCC(c4cnn(-c5ccccc5C)c4)CC3)c(C#N)c(=O)n(C)c2cc1Br. The Bertz CT molecular complexity index is 1500. The highest BCUT2D eigenvalue weighted by atomic mass is 79.9. The van der Waals surface area contributed by atoms with Gasteiger partial charge in [-0.1, -0.05) is 34.1 Å². The number of nitrogens with zero attached hydrogens (tertiary/aromatic N) is 5. The first-order valence-corrected chi connectivity index (χ1v) is 12.3. The van der Waals surface area contributed by atoms with Crippen LogP contribution in [0.5, 0.6) is 0 Å². The zero-order valence-electron chi connectivity index (χ0n) is 19.5. The maximum absolute atomic E-state index is 13.0. The Hall–Kier alpha value is -3.37. The minimum absolute atomic E-state index is 0.225. The second-order valence-electron chi connectivity index (χ2n) is 9.08. The van der Waals surface area contributed by atoms with Crippen molar-refractivity contribution < 1.29 is 0 Å². The highest BCUT2D eigenvalue weighted by Crippen LogP contribution is 2.36. The number of rotatable bonds is 3. The third-order valence-corrected chi connectivity index (χ3v) is 7.86. The van der Waals surface area contributed by atoms with Gasteiger partial charge in [-0.3, -0.25) is 4.79 Å². The number of para-hydroxylation sites is 1. The molecule has 0 saturated carbocycles. The van der Waals surface area contributed by atoms with Crippen LogP contribution in [0.2, 0.25) is 0 Å². The van der Waals surface area contributed by atoms with E-state index in [1.807, 2.05) is 36.0 Å². The van der Waals surface area contributed by atoms with Gasteiger partial charge in [0.1, 0.15) is 11.6 Å². The van der Waals surface area contributed by atoms with Crippen molar-refractivity contribution in [3.63, 3.8) is 0 Å². The van der Waals surface area contributed by atoms with E-state index in [0.29, 0.717) is 5.92 Å². The van der Waals surface area contributed by atoms with Crippen LogP contribution in [-0.4, -0.2) is 27.4 Å². The Kier molecular flexibility index (Phi) is 5.78. The molecule has 0 spiro atoms. The molecule has 5 rings (SSSR count). The van der Waals surface area contributed by atoms with Crippen LogP contribution in [0, 0.1) is 25.2 Å². The number of nitriles is 1. The molecule has 4 aromatic rings. The van der Waals surface area contributed by atoms with Gasteiger partial charge in [0.2, 0.25) is 0 Å². The van der Waals surface area contributed by atoms with Crippen LogP contribution < -0.4 is 10.5 Å². The van der Waals surface area contributed by atoms with Gasteiger partial charge >= 0.3 is 0 Å². The predicted octanol–water partition coefficient (Wildman–Crippen LogP) is 5.36. The van der Waals surface area contributed by atoms with E-state index < -0.39 is 0 Å². The number of halogens is 1. The first kappa shape index (κ1) is 22.4. The van der Waals surface area contributed by atoms with Crippen LogP contribution in [0.1, 0.15) is 41.0 Å². The van der Waals surface area contributed by atoms with E-state index in [1.165, 1.54) is 11.1 Å². The minimum Gasteiger partial charge on any atom is -0.370 e. The lowest BCUT2D eigenvalue weighted by Crippen LogP contribution is -2.35. The minimum atomic E-state index is -0.248. The number of hydrogen-bond acceptors (Lipinski definition) is 4. The lowest BCUT2D eigenvalue weighted by atomic mass is 9.90. The fourth-order valence-electron chi connectivity index (χ4n) is 5.02. The van der Waals surface area contributed by atoms with Crippen molar-refractivity contribution in [3.05, 3.63) is 85.9 Å². The fourth-order valence-corrected chi connectivity index (χ4v) is 5.35. The quantitative estimate of drug-likeness (QED) is 0.368. The molecule has 7 heteroatoms. The molecule has 1 fully saturated rings. The standard InChI is InChI=1S/C27H26BrN5O/c1-17-6-4-5-7-24(17)33-16-20(15-30-33)19-8-10-32(11-9-19)26-21-12-18(2)23(28)13-25(21)31(3)27(34)22(26)14-29/h4-7,12-13,15-16,19H,8-11H2,1-3H3. The van der Waals surface area contributed by atoms with Gasteiger partial charge in [0.05, 0.1) is 23.1 Å². The molecule has 1 aliphatic rings. The normalized spacial score (nSPS) is 14.5. The molecule has 1 aliphatic heterocycles. The van der Waals surface area contributed by atoms with E-state index >= 15 is 0 Å². The van der Waals surface area contributed by atoms with Gasteiger partial charge in [0.15, 0.2) is 0 Å². The van der Waals surface area contributed by atoms with Gasteiger partial charge in [0.25, 0.3) is 5.56 Å². The summed E-state index contributed by atoms with van der Waals surface area (Å²) in [7, 11) is 1.73. The molecular formula is C27H26BrN5O. The van der Waals surface area contributed by atoms with Crippen LogP contribution in [0.3, 0.4) is 0 Å². The molecule has 0 bridgehead atoms. The molecule has 6 nitrogen and oxygen atoms in total. The number of aromatic nitrogens is 3. The Morgan fingerprint density at radius 3 is 2.56 bits per heavy atom. The maximum atomic E-state index is 13.0. The summed E-state index contributed by atoms with van der Waals surface area (Å²) in [4.78, 5) is 15.2. The van der Waals surface area contributed by atoms with Crippen molar-refractivity contribution in [2.24, 2.45) is 7.05 Å². The van der Waals surface area contributed by atoms with Crippen molar-refractivity contribution >= 4 is 32.5 Å². The van der Waals surface area contributed by atoms with Crippen molar-refractivity contribution in [2.45, 2.75) is 32.6 Å². The van der Waals surface area contributed by atoms with E-state index in [1.54, 1.807) is 11.6 Å². The van der Waals surface area contributed by atoms with E-state index in [0.717, 1.165) is 58.2 Å². The van der Waals surface area contributed by atoms with Crippen LogP contribution in [-0.2, 0) is 7.05 Å². The molecule has 2 aromatic carbocycles. The maximum Gasteiger partial charge on any atom is 0.270 e. The zero-order chi connectivity index (χ0) is 24.0. The predicted molar refractivity (Wildman–Crippen MR) is 139 cm³/mol. The molecule has 172 valence electrons. The highest BCUT2D eigenvalue weighted by Gasteiger charge is 2.27. The fraction of sp³-hybridized carbons (Fsp3) is 0.296. The van der Waals surface area contributed by atoms with Crippen molar-refractivity contribution in [1.29, 1.82) is 5.26 Å². The highest BCUT2D eigenvalue weighted by molar-refractivity contribution is 9.10. The number of pyridine rings is 1. The molecule has 0 atom stereocenters. The molecule has 0 radical (unpaired) electrons.